The van der Waals surface area contributed by atoms with E-state index in [0.717, 1.165) is 38.5 Å². The van der Waals surface area contributed by atoms with Gasteiger partial charge in [-0.2, -0.15) is 17.0 Å². The maximum atomic E-state index is 12.6. The predicted octanol–water partition coefficient (Wildman–Crippen LogP) is 1.73. The second kappa shape index (κ2) is 6.30. The van der Waals surface area contributed by atoms with Gasteiger partial charge in [0.05, 0.1) is 5.60 Å². The summed E-state index contributed by atoms with van der Waals surface area (Å²) in [5.74, 6) is 0. The molecule has 0 saturated heterocycles. The Morgan fingerprint density at radius 2 is 1.60 bits per heavy atom. The molecule has 0 bridgehead atoms. The van der Waals surface area contributed by atoms with Crippen molar-refractivity contribution in [2.75, 3.05) is 20.6 Å². The summed E-state index contributed by atoms with van der Waals surface area (Å²) in [6, 6.07) is 0.120. The van der Waals surface area contributed by atoms with E-state index in [4.69, 9.17) is 0 Å². The minimum atomic E-state index is -3.46. The summed E-state index contributed by atoms with van der Waals surface area (Å²) in [5, 5.41) is 10.4. The van der Waals surface area contributed by atoms with Crippen LogP contribution in [0.15, 0.2) is 0 Å². The van der Waals surface area contributed by atoms with Gasteiger partial charge in [0, 0.05) is 26.7 Å². The Morgan fingerprint density at radius 1 is 1.05 bits per heavy atom. The third-order valence-electron chi connectivity index (χ3n) is 4.90. The first-order valence-corrected chi connectivity index (χ1v) is 9.17. The van der Waals surface area contributed by atoms with E-state index in [2.05, 4.69) is 0 Å². The first kappa shape index (κ1) is 16.2. The Labute approximate surface area is 123 Å². The van der Waals surface area contributed by atoms with Gasteiger partial charge in [0.15, 0.2) is 0 Å². The van der Waals surface area contributed by atoms with Crippen LogP contribution < -0.4 is 0 Å². The third kappa shape index (κ3) is 3.53. The summed E-state index contributed by atoms with van der Waals surface area (Å²) in [6.45, 7) is 0.215. The van der Waals surface area contributed by atoms with Crippen LogP contribution in [-0.2, 0) is 10.2 Å². The van der Waals surface area contributed by atoms with Gasteiger partial charge in [-0.05, 0) is 25.7 Å². The molecule has 0 radical (unpaired) electrons. The first-order valence-electron chi connectivity index (χ1n) is 7.77. The Bertz CT molecular complexity index is 412. The normalized spacial score (nSPS) is 24.6. The van der Waals surface area contributed by atoms with Crippen molar-refractivity contribution in [3.8, 4) is 0 Å². The van der Waals surface area contributed by atoms with Crippen molar-refractivity contribution in [1.29, 1.82) is 0 Å². The lowest BCUT2D eigenvalue weighted by Gasteiger charge is -2.35. The number of rotatable bonds is 5. The van der Waals surface area contributed by atoms with Gasteiger partial charge in [-0.15, -0.1) is 0 Å². The molecule has 0 spiro atoms. The van der Waals surface area contributed by atoms with Crippen LogP contribution in [0.25, 0.3) is 0 Å². The van der Waals surface area contributed by atoms with Crippen LogP contribution in [0.4, 0.5) is 0 Å². The Balaban J connectivity index is 2.00. The molecule has 2 aliphatic carbocycles. The Hall–Kier alpha value is -0.170. The van der Waals surface area contributed by atoms with Gasteiger partial charge >= 0.3 is 0 Å². The quantitative estimate of drug-likeness (QED) is 0.841. The van der Waals surface area contributed by atoms with Gasteiger partial charge in [-0.3, -0.25) is 0 Å². The second-order valence-corrected chi connectivity index (χ2v) is 8.60. The topological polar surface area (TPSA) is 60.9 Å². The lowest BCUT2D eigenvalue weighted by Crippen LogP contribution is -2.50. The van der Waals surface area contributed by atoms with E-state index in [1.807, 2.05) is 0 Å². The van der Waals surface area contributed by atoms with Crippen LogP contribution in [-0.4, -0.2) is 54.4 Å². The van der Waals surface area contributed by atoms with Gasteiger partial charge in [-0.25, -0.2) is 0 Å². The molecule has 1 N–H and O–H groups in total. The first-order chi connectivity index (χ1) is 9.35. The van der Waals surface area contributed by atoms with Crippen LogP contribution in [0.5, 0.6) is 0 Å². The molecule has 0 heterocycles. The van der Waals surface area contributed by atoms with Crippen molar-refractivity contribution < 1.29 is 13.5 Å². The van der Waals surface area contributed by atoms with Gasteiger partial charge < -0.3 is 5.11 Å². The zero-order chi connectivity index (χ0) is 14.8. The summed E-state index contributed by atoms with van der Waals surface area (Å²) in [6.07, 6.45) is 8.73. The van der Waals surface area contributed by atoms with Crippen LogP contribution in [0.1, 0.15) is 57.8 Å². The lowest BCUT2D eigenvalue weighted by molar-refractivity contribution is 0.0319. The van der Waals surface area contributed by atoms with Crippen LogP contribution in [0, 0.1) is 0 Å². The van der Waals surface area contributed by atoms with Gasteiger partial charge in [0.25, 0.3) is 10.2 Å². The average molecular weight is 304 g/mol. The molecule has 0 unspecified atom stereocenters. The highest BCUT2D eigenvalue weighted by atomic mass is 32.2. The van der Waals surface area contributed by atoms with Crippen molar-refractivity contribution in [1.82, 2.24) is 8.61 Å². The van der Waals surface area contributed by atoms with Gasteiger partial charge in [0.1, 0.15) is 0 Å². The molecule has 0 aliphatic heterocycles. The van der Waals surface area contributed by atoms with Crippen molar-refractivity contribution >= 4 is 10.2 Å². The van der Waals surface area contributed by atoms with E-state index in [1.54, 1.807) is 14.1 Å². The van der Waals surface area contributed by atoms with Gasteiger partial charge in [-0.1, -0.05) is 32.1 Å². The molecular weight excluding hydrogens is 276 g/mol. The molecule has 5 nitrogen and oxygen atoms in total. The van der Waals surface area contributed by atoms with E-state index in [0.29, 0.717) is 12.8 Å². The van der Waals surface area contributed by atoms with Gasteiger partial charge in [0.2, 0.25) is 0 Å². The van der Waals surface area contributed by atoms with Crippen LogP contribution >= 0.6 is 0 Å². The summed E-state index contributed by atoms with van der Waals surface area (Å²) in [4.78, 5) is 0. The van der Waals surface area contributed by atoms with E-state index in [9.17, 15) is 13.5 Å². The number of hydrogen-bond acceptors (Lipinski definition) is 3. The summed E-state index contributed by atoms with van der Waals surface area (Å²) in [7, 11) is -0.188. The second-order valence-electron chi connectivity index (χ2n) is 6.50. The number of hydrogen-bond donors (Lipinski definition) is 1. The average Bonchev–Trinajstić information content (AvgIpc) is 2.85. The third-order valence-corrected chi connectivity index (χ3v) is 6.84. The van der Waals surface area contributed by atoms with E-state index < -0.39 is 15.8 Å². The predicted molar refractivity (Wildman–Crippen MR) is 79.6 cm³/mol. The van der Waals surface area contributed by atoms with E-state index in [-0.39, 0.29) is 12.6 Å². The summed E-state index contributed by atoms with van der Waals surface area (Å²) < 4.78 is 28.1. The molecule has 118 valence electrons. The molecule has 0 atom stereocenters. The summed E-state index contributed by atoms with van der Waals surface area (Å²) in [5.41, 5.74) is -0.824. The molecule has 0 aromatic heterocycles. The van der Waals surface area contributed by atoms with Crippen LogP contribution in [0.3, 0.4) is 0 Å². The fourth-order valence-corrected chi connectivity index (χ4v) is 4.97. The molecule has 0 amide bonds. The SMILES string of the molecule is CN(CC1(O)CCCC1)S(=O)(=O)N(C)C1CCCCC1. The molecular formula is C14H28N2O3S. The van der Waals surface area contributed by atoms with Crippen molar-refractivity contribution in [3.63, 3.8) is 0 Å². The highest BCUT2D eigenvalue weighted by molar-refractivity contribution is 7.86. The fourth-order valence-electron chi connectivity index (χ4n) is 3.54. The number of likely N-dealkylation sites (N-methyl/N-ethyl adjacent to an activating group) is 1. The Morgan fingerprint density at radius 3 is 2.15 bits per heavy atom. The molecule has 6 heteroatoms. The maximum Gasteiger partial charge on any atom is 0.281 e. The smallest absolute Gasteiger partial charge is 0.281 e. The standard InChI is InChI=1S/C14H28N2O3S/c1-15(12-14(17)10-6-7-11-14)20(18,19)16(2)13-8-4-3-5-9-13/h13,17H,3-12H2,1-2H3. The molecule has 2 saturated carbocycles. The molecule has 20 heavy (non-hydrogen) atoms. The number of aliphatic hydroxyl groups is 1. The van der Waals surface area contributed by atoms with Crippen molar-refractivity contribution in [3.05, 3.63) is 0 Å². The minimum Gasteiger partial charge on any atom is -0.389 e. The van der Waals surface area contributed by atoms with E-state index >= 15 is 0 Å². The lowest BCUT2D eigenvalue weighted by atomic mass is 9.96. The molecule has 0 aromatic carbocycles. The molecule has 2 fully saturated rings. The van der Waals surface area contributed by atoms with Crippen molar-refractivity contribution in [2.45, 2.75) is 69.4 Å². The molecule has 0 aromatic rings. The monoisotopic (exact) mass is 304 g/mol. The molecule has 2 aliphatic rings. The zero-order valence-electron chi connectivity index (χ0n) is 12.7. The largest absolute Gasteiger partial charge is 0.389 e. The fraction of sp³-hybridized carbons (Fsp3) is 1.00. The maximum absolute atomic E-state index is 12.6. The zero-order valence-corrected chi connectivity index (χ0v) is 13.5. The highest BCUT2D eigenvalue weighted by Crippen LogP contribution is 2.31. The van der Waals surface area contributed by atoms with E-state index in [1.165, 1.54) is 15.0 Å². The number of nitrogens with zero attached hydrogens (tertiary/aromatic N) is 2. The molecule has 2 rings (SSSR count). The highest BCUT2D eigenvalue weighted by Gasteiger charge is 2.38. The summed E-state index contributed by atoms with van der Waals surface area (Å²) >= 11 is 0. The van der Waals surface area contributed by atoms with Crippen LogP contribution in [0.2, 0.25) is 0 Å². The minimum absolute atomic E-state index is 0.120. The Kier molecular flexibility index (Phi) is 5.10. The van der Waals surface area contributed by atoms with Crippen molar-refractivity contribution in [2.24, 2.45) is 0 Å².